The first-order valence-electron chi connectivity index (χ1n) is 4.42. The van der Waals surface area contributed by atoms with Crippen molar-refractivity contribution in [3.8, 4) is 5.75 Å². The lowest BCUT2D eigenvalue weighted by atomic mass is 10.2. The highest BCUT2D eigenvalue weighted by Crippen LogP contribution is 2.13. The van der Waals surface area contributed by atoms with Crippen LogP contribution >= 0.6 is 0 Å². The standard InChI is InChI=1S/C8H9NO2.C2HF3O2/c1-11-7-4-2-3-6(5-7)8(9)10;3-2(4,5)1(6)7/h2-5H,1H3,(H2,9,10);(H,6,7). The molecule has 8 heteroatoms. The van der Waals surface area contributed by atoms with Crippen molar-refractivity contribution in [1.82, 2.24) is 0 Å². The summed E-state index contributed by atoms with van der Waals surface area (Å²) in [6, 6.07) is 6.72. The van der Waals surface area contributed by atoms with Crippen molar-refractivity contribution in [3.05, 3.63) is 29.8 Å². The van der Waals surface area contributed by atoms with Crippen molar-refractivity contribution in [2.45, 2.75) is 6.18 Å². The topological polar surface area (TPSA) is 89.6 Å². The van der Waals surface area contributed by atoms with Crippen LogP contribution in [0.5, 0.6) is 5.75 Å². The average molecular weight is 265 g/mol. The van der Waals surface area contributed by atoms with Gasteiger partial charge >= 0.3 is 12.1 Å². The van der Waals surface area contributed by atoms with Crippen LogP contribution in [-0.4, -0.2) is 30.3 Å². The van der Waals surface area contributed by atoms with Gasteiger partial charge in [0.2, 0.25) is 5.91 Å². The first-order chi connectivity index (χ1) is 8.18. The third kappa shape index (κ3) is 5.73. The number of carboxylic acids is 1. The van der Waals surface area contributed by atoms with Gasteiger partial charge in [-0.2, -0.15) is 13.2 Å². The molecule has 0 spiro atoms. The Labute approximate surface area is 100.0 Å². The van der Waals surface area contributed by atoms with Gasteiger partial charge in [0.25, 0.3) is 0 Å². The molecule has 18 heavy (non-hydrogen) atoms. The summed E-state index contributed by atoms with van der Waals surface area (Å²) in [5, 5.41) is 7.12. The van der Waals surface area contributed by atoms with E-state index in [0.29, 0.717) is 11.3 Å². The first-order valence-corrected chi connectivity index (χ1v) is 4.42. The van der Waals surface area contributed by atoms with E-state index in [-0.39, 0.29) is 0 Å². The molecule has 0 aliphatic heterocycles. The number of hydrogen-bond donors (Lipinski definition) is 2. The van der Waals surface area contributed by atoms with Gasteiger partial charge in [-0.15, -0.1) is 0 Å². The Morgan fingerprint density at radius 2 is 1.83 bits per heavy atom. The highest BCUT2D eigenvalue weighted by Gasteiger charge is 2.38. The molecule has 1 aromatic carbocycles. The molecule has 0 aliphatic carbocycles. The summed E-state index contributed by atoms with van der Waals surface area (Å²) in [6.45, 7) is 0. The Morgan fingerprint density at radius 1 is 1.33 bits per heavy atom. The largest absolute Gasteiger partial charge is 0.497 e. The fourth-order valence-electron chi connectivity index (χ4n) is 0.776. The van der Waals surface area contributed by atoms with E-state index in [1.807, 2.05) is 0 Å². The lowest BCUT2D eigenvalue weighted by molar-refractivity contribution is -0.192. The van der Waals surface area contributed by atoms with Crippen LogP contribution in [0.25, 0.3) is 0 Å². The molecule has 0 radical (unpaired) electrons. The molecule has 1 aromatic rings. The van der Waals surface area contributed by atoms with Crippen LogP contribution in [-0.2, 0) is 4.79 Å². The summed E-state index contributed by atoms with van der Waals surface area (Å²) in [6.07, 6.45) is -5.08. The van der Waals surface area contributed by atoms with Crippen LogP contribution in [0.4, 0.5) is 13.2 Å². The molecular formula is C10H10F3NO4. The summed E-state index contributed by atoms with van der Waals surface area (Å²) in [4.78, 5) is 19.5. The fourth-order valence-corrected chi connectivity index (χ4v) is 0.776. The number of carbonyl (C=O) groups excluding carboxylic acids is 1. The second-order valence-electron chi connectivity index (χ2n) is 2.90. The Balaban J connectivity index is 0.000000360. The number of methoxy groups -OCH3 is 1. The molecule has 5 nitrogen and oxygen atoms in total. The fraction of sp³-hybridized carbons (Fsp3) is 0.200. The molecule has 3 N–H and O–H groups in total. The molecular weight excluding hydrogens is 255 g/mol. The minimum atomic E-state index is -5.08. The van der Waals surface area contributed by atoms with E-state index in [1.54, 1.807) is 31.4 Å². The van der Waals surface area contributed by atoms with Gasteiger partial charge in [-0.3, -0.25) is 4.79 Å². The van der Waals surface area contributed by atoms with Gasteiger partial charge in [-0.25, -0.2) is 4.79 Å². The summed E-state index contributed by atoms with van der Waals surface area (Å²) < 4.78 is 36.6. The van der Waals surface area contributed by atoms with Crippen LogP contribution in [0.1, 0.15) is 10.4 Å². The third-order valence-electron chi connectivity index (χ3n) is 1.60. The molecule has 1 rings (SSSR count). The summed E-state index contributed by atoms with van der Waals surface area (Å²) in [7, 11) is 1.54. The van der Waals surface area contributed by atoms with Crippen LogP contribution in [0.15, 0.2) is 24.3 Å². The molecule has 0 heterocycles. The maximum atomic E-state index is 10.6. The van der Waals surface area contributed by atoms with Crippen LogP contribution < -0.4 is 10.5 Å². The molecule has 0 saturated heterocycles. The molecule has 0 unspecified atom stereocenters. The van der Waals surface area contributed by atoms with Gasteiger partial charge in [0, 0.05) is 5.56 Å². The number of carbonyl (C=O) groups is 2. The van der Waals surface area contributed by atoms with Crippen LogP contribution in [0.2, 0.25) is 0 Å². The van der Waals surface area contributed by atoms with Gasteiger partial charge in [-0.1, -0.05) is 6.07 Å². The van der Waals surface area contributed by atoms with Crippen molar-refractivity contribution in [3.63, 3.8) is 0 Å². The Hall–Kier alpha value is -2.25. The van der Waals surface area contributed by atoms with Crippen molar-refractivity contribution < 1.29 is 32.6 Å². The Bertz CT molecular complexity index is 431. The number of ether oxygens (including phenoxy) is 1. The SMILES string of the molecule is COc1cccc(C(N)=O)c1.O=C(O)C(F)(F)F. The number of carboxylic acid groups (broad SMARTS) is 1. The van der Waals surface area contributed by atoms with E-state index >= 15 is 0 Å². The number of halogens is 3. The number of rotatable bonds is 2. The lowest BCUT2D eigenvalue weighted by Crippen LogP contribution is -2.21. The molecule has 0 bridgehead atoms. The van der Waals surface area contributed by atoms with Gasteiger partial charge in [-0.05, 0) is 18.2 Å². The highest BCUT2D eigenvalue weighted by molar-refractivity contribution is 5.93. The highest BCUT2D eigenvalue weighted by atomic mass is 19.4. The minimum Gasteiger partial charge on any atom is -0.497 e. The Morgan fingerprint density at radius 3 is 2.17 bits per heavy atom. The number of aliphatic carboxylic acids is 1. The lowest BCUT2D eigenvalue weighted by Gasteiger charge is -1.99. The second kappa shape index (κ2) is 6.48. The zero-order chi connectivity index (χ0) is 14.3. The zero-order valence-corrected chi connectivity index (χ0v) is 9.19. The van der Waals surface area contributed by atoms with E-state index in [9.17, 15) is 18.0 Å². The Kier molecular flexibility index (Phi) is 5.67. The van der Waals surface area contributed by atoms with Gasteiger partial charge in [0.1, 0.15) is 5.75 Å². The van der Waals surface area contributed by atoms with Gasteiger partial charge in [0.15, 0.2) is 0 Å². The molecule has 0 aliphatic rings. The number of benzene rings is 1. The normalized spacial score (nSPS) is 10.0. The summed E-state index contributed by atoms with van der Waals surface area (Å²) >= 11 is 0. The molecule has 1 amide bonds. The maximum absolute atomic E-state index is 10.6. The van der Waals surface area contributed by atoms with Gasteiger partial charge < -0.3 is 15.6 Å². The maximum Gasteiger partial charge on any atom is 0.490 e. The number of primary amides is 1. The quantitative estimate of drug-likeness (QED) is 0.846. The number of alkyl halides is 3. The second-order valence-corrected chi connectivity index (χ2v) is 2.90. The molecule has 0 atom stereocenters. The predicted octanol–water partition coefficient (Wildman–Crippen LogP) is 1.43. The number of amides is 1. The average Bonchev–Trinajstić information content (AvgIpc) is 2.28. The van der Waals surface area contributed by atoms with Crippen LogP contribution in [0.3, 0.4) is 0 Å². The summed E-state index contributed by atoms with van der Waals surface area (Å²) in [5.74, 6) is -2.56. The molecule has 0 saturated carbocycles. The predicted molar refractivity (Wildman–Crippen MR) is 55.2 cm³/mol. The number of hydrogen-bond acceptors (Lipinski definition) is 3. The van der Waals surface area contributed by atoms with E-state index in [0.717, 1.165) is 0 Å². The molecule has 100 valence electrons. The van der Waals surface area contributed by atoms with E-state index in [1.165, 1.54) is 0 Å². The molecule has 0 fully saturated rings. The minimum absolute atomic E-state index is 0.441. The van der Waals surface area contributed by atoms with E-state index < -0.39 is 18.1 Å². The van der Waals surface area contributed by atoms with Crippen molar-refractivity contribution in [2.75, 3.05) is 7.11 Å². The zero-order valence-electron chi connectivity index (χ0n) is 9.19. The van der Waals surface area contributed by atoms with Crippen molar-refractivity contribution in [1.29, 1.82) is 0 Å². The monoisotopic (exact) mass is 265 g/mol. The third-order valence-corrected chi connectivity index (χ3v) is 1.60. The van der Waals surface area contributed by atoms with Crippen LogP contribution in [0, 0.1) is 0 Å². The first kappa shape index (κ1) is 15.8. The summed E-state index contributed by atoms with van der Waals surface area (Å²) in [5.41, 5.74) is 5.51. The van der Waals surface area contributed by atoms with Gasteiger partial charge in [0.05, 0.1) is 7.11 Å². The van der Waals surface area contributed by atoms with E-state index in [4.69, 9.17) is 20.4 Å². The number of nitrogens with two attached hydrogens (primary N) is 1. The van der Waals surface area contributed by atoms with Crippen molar-refractivity contribution >= 4 is 11.9 Å². The molecule has 0 aromatic heterocycles. The van der Waals surface area contributed by atoms with Crippen molar-refractivity contribution in [2.24, 2.45) is 5.73 Å². The van der Waals surface area contributed by atoms with E-state index in [2.05, 4.69) is 0 Å². The smallest absolute Gasteiger partial charge is 0.490 e.